The first-order chi connectivity index (χ1) is 10.3. The van der Waals surface area contributed by atoms with E-state index in [4.69, 9.17) is 9.47 Å². The summed E-state index contributed by atoms with van der Waals surface area (Å²) in [5, 5.41) is 0. The standard InChI is InChI=1S/C16H21N3O2/c1-20-14-6-4-13(5-7-14)19-10-9-17-16(19)12-3-8-15(21-2)18-11-12/h3,8-11,13-14H,4-7H2,1-2H3. The third-order valence-corrected chi connectivity index (χ3v) is 4.24. The van der Waals surface area contributed by atoms with Gasteiger partial charge in [0.2, 0.25) is 5.88 Å². The zero-order valence-corrected chi connectivity index (χ0v) is 12.5. The lowest BCUT2D eigenvalue weighted by molar-refractivity contribution is 0.0586. The highest BCUT2D eigenvalue weighted by molar-refractivity contribution is 5.54. The van der Waals surface area contributed by atoms with E-state index in [0.717, 1.165) is 37.1 Å². The summed E-state index contributed by atoms with van der Waals surface area (Å²) in [5.74, 6) is 1.60. The molecule has 5 nitrogen and oxygen atoms in total. The summed E-state index contributed by atoms with van der Waals surface area (Å²) in [7, 11) is 3.42. The maximum Gasteiger partial charge on any atom is 0.212 e. The molecule has 0 unspecified atom stereocenters. The Morgan fingerprint density at radius 1 is 1.10 bits per heavy atom. The summed E-state index contributed by atoms with van der Waals surface area (Å²) in [5.41, 5.74) is 1.02. The lowest BCUT2D eigenvalue weighted by Crippen LogP contribution is -2.22. The summed E-state index contributed by atoms with van der Waals surface area (Å²) in [6, 6.07) is 4.37. The fourth-order valence-electron chi connectivity index (χ4n) is 3.02. The summed E-state index contributed by atoms with van der Waals surface area (Å²) >= 11 is 0. The van der Waals surface area contributed by atoms with Crippen molar-refractivity contribution in [2.75, 3.05) is 14.2 Å². The van der Waals surface area contributed by atoms with Crippen LogP contribution < -0.4 is 4.74 Å². The number of methoxy groups -OCH3 is 2. The maximum atomic E-state index is 5.45. The molecule has 2 aromatic rings. The van der Waals surface area contributed by atoms with Gasteiger partial charge in [-0.2, -0.15) is 0 Å². The fourth-order valence-corrected chi connectivity index (χ4v) is 3.02. The highest BCUT2D eigenvalue weighted by Gasteiger charge is 2.23. The van der Waals surface area contributed by atoms with E-state index in [1.807, 2.05) is 24.5 Å². The molecule has 3 rings (SSSR count). The van der Waals surface area contributed by atoms with E-state index >= 15 is 0 Å². The molecule has 0 spiro atoms. The number of nitrogens with zero attached hydrogens (tertiary/aromatic N) is 3. The van der Waals surface area contributed by atoms with Gasteiger partial charge in [-0.3, -0.25) is 0 Å². The van der Waals surface area contributed by atoms with Crippen molar-refractivity contribution in [1.29, 1.82) is 0 Å². The monoisotopic (exact) mass is 287 g/mol. The fraction of sp³-hybridized carbons (Fsp3) is 0.500. The number of hydrogen-bond acceptors (Lipinski definition) is 4. The second-order valence-corrected chi connectivity index (χ2v) is 5.41. The molecule has 112 valence electrons. The SMILES string of the molecule is COc1ccc(-c2nccn2C2CCC(OC)CC2)cn1. The lowest BCUT2D eigenvalue weighted by atomic mass is 9.92. The number of ether oxygens (including phenoxy) is 2. The van der Waals surface area contributed by atoms with Crippen LogP contribution in [0, 0.1) is 0 Å². The third kappa shape index (κ3) is 2.93. The van der Waals surface area contributed by atoms with Crippen LogP contribution in [-0.4, -0.2) is 34.9 Å². The van der Waals surface area contributed by atoms with Gasteiger partial charge in [0.15, 0.2) is 0 Å². The van der Waals surface area contributed by atoms with Gasteiger partial charge in [0, 0.05) is 43.4 Å². The average molecular weight is 287 g/mol. The Morgan fingerprint density at radius 3 is 2.52 bits per heavy atom. The van der Waals surface area contributed by atoms with Gasteiger partial charge < -0.3 is 14.0 Å². The van der Waals surface area contributed by atoms with Gasteiger partial charge in [-0.05, 0) is 31.7 Å². The normalized spacial score (nSPS) is 22.2. The number of aromatic nitrogens is 3. The van der Waals surface area contributed by atoms with E-state index in [1.165, 1.54) is 0 Å². The van der Waals surface area contributed by atoms with E-state index in [2.05, 4.69) is 20.7 Å². The van der Waals surface area contributed by atoms with E-state index in [-0.39, 0.29) is 0 Å². The minimum Gasteiger partial charge on any atom is -0.481 e. The summed E-state index contributed by atoms with van der Waals surface area (Å²) in [6.45, 7) is 0. The van der Waals surface area contributed by atoms with Gasteiger partial charge in [0.1, 0.15) is 5.82 Å². The molecule has 1 aliphatic carbocycles. The Bertz CT molecular complexity index is 571. The first-order valence-corrected chi connectivity index (χ1v) is 7.38. The summed E-state index contributed by atoms with van der Waals surface area (Å²) in [6.07, 6.45) is 10.6. The van der Waals surface area contributed by atoms with Gasteiger partial charge in [0.05, 0.1) is 13.2 Å². The van der Waals surface area contributed by atoms with Crippen LogP contribution in [0.15, 0.2) is 30.7 Å². The topological polar surface area (TPSA) is 49.2 Å². The minimum absolute atomic E-state index is 0.413. The van der Waals surface area contributed by atoms with Crippen LogP contribution in [0.1, 0.15) is 31.7 Å². The zero-order chi connectivity index (χ0) is 14.7. The van der Waals surface area contributed by atoms with Crippen LogP contribution in [0.2, 0.25) is 0 Å². The van der Waals surface area contributed by atoms with Crippen LogP contribution in [0.4, 0.5) is 0 Å². The first kappa shape index (κ1) is 14.1. The largest absolute Gasteiger partial charge is 0.481 e. The van der Waals surface area contributed by atoms with Crippen molar-refractivity contribution in [3.63, 3.8) is 0 Å². The molecule has 2 aromatic heterocycles. The van der Waals surface area contributed by atoms with Crippen molar-refractivity contribution in [2.24, 2.45) is 0 Å². The van der Waals surface area contributed by atoms with Crippen molar-refractivity contribution in [3.05, 3.63) is 30.7 Å². The van der Waals surface area contributed by atoms with Crippen LogP contribution >= 0.6 is 0 Å². The highest BCUT2D eigenvalue weighted by atomic mass is 16.5. The second-order valence-electron chi connectivity index (χ2n) is 5.41. The lowest BCUT2D eigenvalue weighted by Gasteiger charge is -2.29. The molecule has 5 heteroatoms. The number of hydrogen-bond donors (Lipinski definition) is 0. The van der Waals surface area contributed by atoms with Crippen molar-refractivity contribution >= 4 is 0 Å². The molecular formula is C16H21N3O2. The number of pyridine rings is 1. The third-order valence-electron chi connectivity index (χ3n) is 4.24. The molecule has 1 fully saturated rings. The minimum atomic E-state index is 0.413. The van der Waals surface area contributed by atoms with Crippen molar-refractivity contribution in [2.45, 2.75) is 37.8 Å². The van der Waals surface area contributed by atoms with Gasteiger partial charge >= 0.3 is 0 Å². The van der Waals surface area contributed by atoms with Crippen LogP contribution in [0.3, 0.4) is 0 Å². The van der Waals surface area contributed by atoms with Crippen molar-refractivity contribution in [1.82, 2.24) is 14.5 Å². The smallest absolute Gasteiger partial charge is 0.212 e. The molecule has 21 heavy (non-hydrogen) atoms. The van der Waals surface area contributed by atoms with Crippen LogP contribution in [0.25, 0.3) is 11.4 Å². The molecule has 0 saturated heterocycles. The van der Waals surface area contributed by atoms with Gasteiger partial charge in [0.25, 0.3) is 0 Å². The molecule has 0 aliphatic heterocycles. The average Bonchev–Trinajstić information content (AvgIpc) is 3.04. The van der Waals surface area contributed by atoms with Crippen LogP contribution in [-0.2, 0) is 4.74 Å². The molecule has 1 saturated carbocycles. The van der Waals surface area contributed by atoms with E-state index < -0.39 is 0 Å². The Kier molecular flexibility index (Phi) is 4.20. The van der Waals surface area contributed by atoms with E-state index in [1.54, 1.807) is 14.2 Å². The molecule has 2 heterocycles. The molecule has 0 radical (unpaired) electrons. The molecule has 0 aromatic carbocycles. The molecule has 0 bridgehead atoms. The Morgan fingerprint density at radius 2 is 1.90 bits per heavy atom. The Hall–Kier alpha value is -1.88. The quantitative estimate of drug-likeness (QED) is 0.867. The Balaban J connectivity index is 1.80. The number of rotatable bonds is 4. The summed E-state index contributed by atoms with van der Waals surface area (Å²) < 4.78 is 12.8. The number of imidazole rings is 1. The highest BCUT2D eigenvalue weighted by Crippen LogP contribution is 2.32. The van der Waals surface area contributed by atoms with Crippen LogP contribution in [0.5, 0.6) is 5.88 Å². The van der Waals surface area contributed by atoms with Gasteiger partial charge in [-0.25, -0.2) is 9.97 Å². The first-order valence-electron chi connectivity index (χ1n) is 7.38. The molecule has 0 atom stereocenters. The molecule has 0 amide bonds. The van der Waals surface area contributed by atoms with E-state index in [9.17, 15) is 0 Å². The van der Waals surface area contributed by atoms with Gasteiger partial charge in [-0.1, -0.05) is 0 Å². The van der Waals surface area contributed by atoms with E-state index in [0.29, 0.717) is 18.0 Å². The summed E-state index contributed by atoms with van der Waals surface area (Å²) in [4.78, 5) is 8.78. The second kappa shape index (κ2) is 6.26. The zero-order valence-electron chi connectivity index (χ0n) is 12.5. The van der Waals surface area contributed by atoms with Gasteiger partial charge in [-0.15, -0.1) is 0 Å². The molecule has 1 aliphatic rings. The van der Waals surface area contributed by atoms with Crippen molar-refractivity contribution in [3.8, 4) is 17.3 Å². The Labute approximate surface area is 124 Å². The van der Waals surface area contributed by atoms with Crippen molar-refractivity contribution < 1.29 is 9.47 Å². The predicted octanol–water partition coefficient (Wildman–Crippen LogP) is 3.08. The molecule has 0 N–H and O–H groups in total. The maximum absolute atomic E-state index is 5.45. The predicted molar refractivity (Wildman–Crippen MR) is 80.3 cm³/mol. The molecular weight excluding hydrogens is 266 g/mol.